The Balaban J connectivity index is 2.24. The summed E-state index contributed by atoms with van der Waals surface area (Å²) in [6.07, 6.45) is 1.41. The maximum absolute atomic E-state index is 12.0. The number of anilines is 1. The van der Waals surface area contributed by atoms with Gasteiger partial charge in [-0.05, 0) is 26.8 Å². The standard InChI is InChI=1S/C13H16N2O2/c1-13(2,3)17-12(16)15-9-14-8-10-6-4-5-7-11(10)15/h4-8H,9H2,1-3H3. The first-order chi connectivity index (χ1) is 7.97. The van der Waals surface area contributed by atoms with Gasteiger partial charge in [-0.1, -0.05) is 18.2 Å². The number of ether oxygens (including phenoxy) is 1. The molecule has 17 heavy (non-hydrogen) atoms. The lowest BCUT2D eigenvalue weighted by Crippen LogP contribution is -2.38. The molecule has 0 saturated heterocycles. The van der Waals surface area contributed by atoms with Crippen LogP contribution in [-0.2, 0) is 4.74 Å². The molecule has 0 aliphatic carbocycles. The van der Waals surface area contributed by atoms with Crippen LogP contribution in [-0.4, -0.2) is 24.6 Å². The molecule has 0 radical (unpaired) electrons. The van der Waals surface area contributed by atoms with Crippen LogP contribution in [0.2, 0.25) is 0 Å². The molecule has 1 heterocycles. The summed E-state index contributed by atoms with van der Waals surface area (Å²) in [5.74, 6) is 0. The van der Waals surface area contributed by atoms with Crippen LogP contribution in [0.3, 0.4) is 0 Å². The smallest absolute Gasteiger partial charge is 0.416 e. The van der Waals surface area contributed by atoms with E-state index in [-0.39, 0.29) is 6.09 Å². The van der Waals surface area contributed by atoms with Crippen LogP contribution < -0.4 is 4.90 Å². The zero-order chi connectivity index (χ0) is 12.5. The molecule has 1 amide bonds. The summed E-state index contributed by atoms with van der Waals surface area (Å²) in [7, 11) is 0. The Bertz CT molecular complexity index is 461. The lowest BCUT2D eigenvalue weighted by molar-refractivity contribution is 0.0581. The number of carbonyl (C=O) groups excluding carboxylic acids is 1. The lowest BCUT2D eigenvalue weighted by atomic mass is 10.1. The van der Waals surface area contributed by atoms with Gasteiger partial charge in [0, 0.05) is 11.8 Å². The third-order valence-corrected chi connectivity index (χ3v) is 2.29. The number of hydrogen-bond donors (Lipinski definition) is 0. The minimum atomic E-state index is -0.493. The molecule has 1 aliphatic rings. The van der Waals surface area contributed by atoms with Crippen LogP contribution >= 0.6 is 0 Å². The van der Waals surface area contributed by atoms with Gasteiger partial charge in [-0.15, -0.1) is 0 Å². The zero-order valence-electron chi connectivity index (χ0n) is 10.3. The highest BCUT2D eigenvalue weighted by molar-refractivity contribution is 5.98. The van der Waals surface area contributed by atoms with Crippen molar-refractivity contribution in [2.75, 3.05) is 11.6 Å². The number of rotatable bonds is 0. The van der Waals surface area contributed by atoms with Crippen molar-refractivity contribution in [1.82, 2.24) is 0 Å². The zero-order valence-corrected chi connectivity index (χ0v) is 10.3. The fourth-order valence-corrected chi connectivity index (χ4v) is 1.61. The highest BCUT2D eigenvalue weighted by Gasteiger charge is 2.25. The molecule has 0 atom stereocenters. The first kappa shape index (κ1) is 11.6. The molecule has 0 spiro atoms. The predicted molar refractivity (Wildman–Crippen MR) is 67.6 cm³/mol. The Labute approximate surface area is 101 Å². The Morgan fingerprint density at radius 3 is 2.76 bits per heavy atom. The number of carbonyl (C=O) groups is 1. The molecule has 2 rings (SSSR count). The summed E-state index contributed by atoms with van der Waals surface area (Å²) in [5, 5.41) is 0. The highest BCUT2D eigenvalue weighted by atomic mass is 16.6. The molecule has 0 unspecified atom stereocenters. The molecule has 0 aromatic heterocycles. The Kier molecular flexibility index (Phi) is 2.88. The van der Waals surface area contributed by atoms with Crippen molar-refractivity contribution in [3.05, 3.63) is 29.8 Å². The first-order valence-electron chi connectivity index (χ1n) is 5.57. The topological polar surface area (TPSA) is 41.9 Å². The molecule has 4 nitrogen and oxygen atoms in total. The van der Waals surface area contributed by atoms with Crippen LogP contribution in [0.25, 0.3) is 0 Å². The average Bonchev–Trinajstić information content (AvgIpc) is 2.26. The second-order valence-electron chi connectivity index (χ2n) is 4.92. The quantitative estimate of drug-likeness (QED) is 0.690. The molecule has 1 aromatic rings. The molecular formula is C13H16N2O2. The molecule has 90 valence electrons. The van der Waals surface area contributed by atoms with Crippen molar-refractivity contribution in [3.63, 3.8) is 0 Å². The van der Waals surface area contributed by atoms with E-state index in [2.05, 4.69) is 4.99 Å². The summed E-state index contributed by atoms with van der Waals surface area (Å²) >= 11 is 0. The maximum Gasteiger partial charge on any atom is 0.416 e. The van der Waals surface area contributed by atoms with Gasteiger partial charge in [0.15, 0.2) is 0 Å². The van der Waals surface area contributed by atoms with E-state index in [9.17, 15) is 4.79 Å². The molecule has 0 saturated carbocycles. The maximum atomic E-state index is 12.0. The van der Waals surface area contributed by atoms with E-state index in [1.165, 1.54) is 0 Å². The fraction of sp³-hybridized carbons (Fsp3) is 0.385. The van der Waals surface area contributed by atoms with Crippen LogP contribution in [0.5, 0.6) is 0 Å². The number of benzene rings is 1. The minimum absolute atomic E-state index is 0.311. The molecule has 1 aliphatic heterocycles. The van der Waals surface area contributed by atoms with Gasteiger partial charge in [-0.25, -0.2) is 4.79 Å². The Morgan fingerprint density at radius 2 is 2.06 bits per heavy atom. The highest BCUT2D eigenvalue weighted by Crippen LogP contribution is 2.24. The second kappa shape index (κ2) is 4.20. The van der Waals surface area contributed by atoms with Gasteiger partial charge in [-0.3, -0.25) is 9.89 Å². The Hall–Kier alpha value is -1.84. The van der Waals surface area contributed by atoms with E-state index >= 15 is 0 Å². The normalized spacial score (nSPS) is 14.4. The largest absolute Gasteiger partial charge is 0.443 e. The number of nitrogens with zero attached hydrogens (tertiary/aromatic N) is 2. The van der Waals surface area contributed by atoms with Crippen molar-refractivity contribution in [1.29, 1.82) is 0 Å². The summed E-state index contributed by atoms with van der Waals surface area (Å²) in [5.41, 5.74) is 1.29. The van der Waals surface area contributed by atoms with Crippen molar-refractivity contribution in [3.8, 4) is 0 Å². The monoisotopic (exact) mass is 232 g/mol. The van der Waals surface area contributed by atoms with Crippen LogP contribution in [0.15, 0.2) is 29.3 Å². The SMILES string of the molecule is CC(C)(C)OC(=O)N1CN=Cc2ccccc21. The summed E-state index contributed by atoms with van der Waals surface area (Å²) in [4.78, 5) is 17.7. The van der Waals surface area contributed by atoms with Crippen molar-refractivity contribution in [2.45, 2.75) is 26.4 Å². The Morgan fingerprint density at radius 1 is 1.35 bits per heavy atom. The van der Waals surface area contributed by atoms with E-state index in [0.717, 1.165) is 11.3 Å². The summed E-state index contributed by atoms with van der Waals surface area (Å²) < 4.78 is 5.35. The summed E-state index contributed by atoms with van der Waals surface area (Å²) in [6.45, 7) is 5.87. The average molecular weight is 232 g/mol. The van der Waals surface area contributed by atoms with Crippen molar-refractivity contribution >= 4 is 18.0 Å². The molecular weight excluding hydrogens is 216 g/mol. The number of para-hydroxylation sites is 1. The third-order valence-electron chi connectivity index (χ3n) is 2.29. The van der Waals surface area contributed by atoms with E-state index in [4.69, 9.17) is 4.74 Å². The van der Waals surface area contributed by atoms with E-state index in [0.29, 0.717) is 6.67 Å². The third kappa shape index (κ3) is 2.64. The van der Waals surface area contributed by atoms with Crippen LogP contribution in [0.4, 0.5) is 10.5 Å². The number of fused-ring (bicyclic) bond motifs is 1. The van der Waals surface area contributed by atoms with Gasteiger partial charge < -0.3 is 4.74 Å². The van der Waals surface area contributed by atoms with Gasteiger partial charge in [0.2, 0.25) is 0 Å². The van der Waals surface area contributed by atoms with E-state index in [1.54, 1.807) is 11.1 Å². The van der Waals surface area contributed by atoms with Gasteiger partial charge >= 0.3 is 6.09 Å². The van der Waals surface area contributed by atoms with Gasteiger partial charge in [0.1, 0.15) is 12.3 Å². The van der Waals surface area contributed by atoms with Crippen LogP contribution in [0.1, 0.15) is 26.3 Å². The fourth-order valence-electron chi connectivity index (χ4n) is 1.61. The van der Waals surface area contributed by atoms with Crippen molar-refractivity contribution in [2.24, 2.45) is 4.99 Å². The predicted octanol–water partition coefficient (Wildman–Crippen LogP) is 2.82. The molecule has 0 bridgehead atoms. The summed E-state index contributed by atoms with van der Waals surface area (Å²) in [6, 6.07) is 7.64. The first-order valence-corrected chi connectivity index (χ1v) is 5.57. The van der Waals surface area contributed by atoms with E-state index in [1.807, 2.05) is 45.0 Å². The second-order valence-corrected chi connectivity index (χ2v) is 4.92. The molecule has 0 N–H and O–H groups in total. The van der Waals surface area contributed by atoms with Crippen molar-refractivity contribution < 1.29 is 9.53 Å². The van der Waals surface area contributed by atoms with Gasteiger partial charge in [0.25, 0.3) is 0 Å². The number of amides is 1. The van der Waals surface area contributed by atoms with Gasteiger partial charge in [0.05, 0.1) is 5.69 Å². The van der Waals surface area contributed by atoms with Gasteiger partial charge in [-0.2, -0.15) is 0 Å². The van der Waals surface area contributed by atoms with E-state index < -0.39 is 5.60 Å². The molecule has 1 aromatic carbocycles. The van der Waals surface area contributed by atoms with Crippen LogP contribution in [0, 0.1) is 0 Å². The lowest BCUT2D eigenvalue weighted by Gasteiger charge is -2.28. The molecule has 0 fully saturated rings. The number of hydrogen-bond acceptors (Lipinski definition) is 3. The molecule has 4 heteroatoms. The minimum Gasteiger partial charge on any atom is -0.443 e. The number of aliphatic imine (C=N–C) groups is 1.